The Morgan fingerprint density at radius 2 is 2.33 bits per heavy atom. The van der Waals surface area contributed by atoms with E-state index in [-0.39, 0.29) is 5.91 Å². The molecule has 0 aliphatic rings. The molecular formula is C12H13ClN4O. The Kier molecular flexibility index (Phi) is 3.84. The van der Waals surface area contributed by atoms with Crippen LogP contribution in [0.25, 0.3) is 0 Å². The van der Waals surface area contributed by atoms with Crippen LogP contribution in [-0.4, -0.2) is 22.9 Å². The van der Waals surface area contributed by atoms with E-state index in [9.17, 15) is 4.79 Å². The fourth-order valence-electron chi connectivity index (χ4n) is 1.52. The molecule has 3 N–H and O–H groups in total. The van der Waals surface area contributed by atoms with Crippen LogP contribution in [0.15, 0.2) is 30.7 Å². The molecule has 0 aliphatic carbocycles. The molecule has 1 aromatic carbocycles. The summed E-state index contributed by atoms with van der Waals surface area (Å²) in [5.41, 5.74) is 2.24. The maximum Gasteiger partial charge on any atom is 0.252 e. The fourth-order valence-corrected chi connectivity index (χ4v) is 1.73. The molecule has 0 saturated carbocycles. The van der Waals surface area contributed by atoms with Gasteiger partial charge in [-0.25, -0.2) is 4.98 Å². The molecule has 1 heterocycles. The SMILES string of the molecule is CNC(=O)c1cc(NCc2cnc[nH]2)ccc1Cl. The molecule has 0 bridgehead atoms. The smallest absolute Gasteiger partial charge is 0.252 e. The molecule has 0 spiro atoms. The number of aromatic amines is 1. The summed E-state index contributed by atoms with van der Waals surface area (Å²) in [7, 11) is 1.57. The molecule has 0 radical (unpaired) electrons. The van der Waals surface area contributed by atoms with Crippen LogP contribution >= 0.6 is 11.6 Å². The average Bonchev–Trinajstić information content (AvgIpc) is 2.90. The molecule has 0 saturated heterocycles. The summed E-state index contributed by atoms with van der Waals surface area (Å²) in [5.74, 6) is -0.204. The summed E-state index contributed by atoms with van der Waals surface area (Å²) in [6.45, 7) is 0.606. The maximum absolute atomic E-state index is 11.6. The Hall–Kier alpha value is -2.01. The number of rotatable bonds is 4. The first-order valence-electron chi connectivity index (χ1n) is 5.43. The van der Waals surface area contributed by atoms with Crippen molar-refractivity contribution in [2.24, 2.45) is 0 Å². The molecule has 5 nitrogen and oxygen atoms in total. The van der Waals surface area contributed by atoms with Gasteiger partial charge < -0.3 is 15.6 Å². The van der Waals surface area contributed by atoms with Gasteiger partial charge in [0.05, 0.1) is 29.2 Å². The van der Waals surface area contributed by atoms with Crippen molar-refractivity contribution >= 4 is 23.2 Å². The molecule has 0 fully saturated rings. The molecule has 1 amide bonds. The first-order chi connectivity index (χ1) is 8.70. The summed E-state index contributed by atoms with van der Waals surface area (Å²) >= 11 is 5.96. The second-order valence-corrected chi connectivity index (χ2v) is 4.11. The number of nitrogens with one attached hydrogen (secondary N) is 3. The van der Waals surface area contributed by atoms with E-state index in [2.05, 4.69) is 20.6 Å². The van der Waals surface area contributed by atoms with Crippen molar-refractivity contribution in [1.29, 1.82) is 0 Å². The third-order valence-electron chi connectivity index (χ3n) is 2.48. The van der Waals surface area contributed by atoms with Crippen molar-refractivity contribution in [1.82, 2.24) is 15.3 Å². The maximum atomic E-state index is 11.6. The number of benzene rings is 1. The van der Waals surface area contributed by atoms with E-state index in [1.54, 1.807) is 31.7 Å². The highest BCUT2D eigenvalue weighted by atomic mass is 35.5. The molecule has 2 aromatic rings. The Labute approximate surface area is 110 Å². The van der Waals surface area contributed by atoms with Crippen molar-refractivity contribution < 1.29 is 4.79 Å². The fraction of sp³-hybridized carbons (Fsp3) is 0.167. The quantitative estimate of drug-likeness (QED) is 0.791. The van der Waals surface area contributed by atoms with Gasteiger partial charge in [-0.05, 0) is 18.2 Å². The predicted molar refractivity (Wildman–Crippen MR) is 70.8 cm³/mol. The first-order valence-corrected chi connectivity index (χ1v) is 5.81. The second kappa shape index (κ2) is 5.55. The van der Waals surface area contributed by atoms with Gasteiger partial charge in [-0.2, -0.15) is 0 Å². The van der Waals surface area contributed by atoms with E-state index in [0.29, 0.717) is 17.1 Å². The largest absolute Gasteiger partial charge is 0.379 e. The number of carbonyl (C=O) groups is 1. The number of hydrogen-bond acceptors (Lipinski definition) is 3. The minimum absolute atomic E-state index is 0.204. The zero-order chi connectivity index (χ0) is 13.0. The number of nitrogens with zero attached hydrogens (tertiary/aromatic N) is 1. The van der Waals surface area contributed by atoms with Gasteiger partial charge in [0.15, 0.2) is 0 Å². The van der Waals surface area contributed by atoms with Gasteiger partial charge in [-0.3, -0.25) is 4.79 Å². The third kappa shape index (κ3) is 2.81. The summed E-state index contributed by atoms with van der Waals surface area (Å²) in [6.07, 6.45) is 3.36. The molecule has 94 valence electrons. The van der Waals surface area contributed by atoms with Crippen molar-refractivity contribution in [2.45, 2.75) is 6.54 Å². The monoisotopic (exact) mass is 264 g/mol. The Morgan fingerprint density at radius 1 is 1.50 bits per heavy atom. The van der Waals surface area contributed by atoms with E-state index < -0.39 is 0 Å². The van der Waals surface area contributed by atoms with E-state index in [0.717, 1.165) is 11.4 Å². The number of carbonyl (C=O) groups excluding carboxylic acids is 1. The van der Waals surface area contributed by atoms with E-state index in [1.807, 2.05) is 6.07 Å². The van der Waals surface area contributed by atoms with Gasteiger partial charge in [0.1, 0.15) is 0 Å². The Bertz CT molecular complexity index is 539. The summed E-state index contributed by atoms with van der Waals surface area (Å²) in [5, 5.41) is 6.17. The van der Waals surface area contributed by atoms with Gasteiger partial charge in [0.25, 0.3) is 5.91 Å². The lowest BCUT2D eigenvalue weighted by molar-refractivity contribution is 0.0963. The van der Waals surface area contributed by atoms with Crippen molar-refractivity contribution in [3.8, 4) is 0 Å². The van der Waals surface area contributed by atoms with Crippen LogP contribution in [0, 0.1) is 0 Å². The number of anilines is 1. The lowest BCUT2D eigenvalue weighted by atomic mass is 10.2. The van der Waals surface area contributed by atoms with E-state index in [1.165, 1.54) is 0 Å². The molecule has 18 heavy (non-hydrogen) atoms. The lowest BCUT2D eigenvalue weighted by Gasteiger charge is -2.08. The zero-order valence-corrected chi connectivity index (χ0v) is 10.6. The molecule has 1 aromatic heterocycles. The Balaban J connectivity index is 2.12. The standard InChI is InChI=1S/C12H13ClN4O/c1-14-12(18)10-4-8(2-3-11(10)13)16-6-9-5-15-7-17-9/h2-5,7,16H,6H2,1H3,(H,14,18)(H,15,17). The van der Waals surface area contributed by atoms with Gasteiger partial charge in [-0.1, -0.05) is 11.6 Å². The number of imidazole rings is 1. The number of aromatic nitrogens is 2. The zero-order valence-electron chi connectivity index (χ0n) is 9.83. The second-order valence-electron chi connectivity index (χ2n) is 3.70. The highest BCUT2D eigenvalue weighted by molar-refractivity contribution is 6.34. The summed E-state index contributed by atoms with van der Waals surface area (Å²) in [6, 6.07) is 5.24. The van der Waals surface area contributed by atoms with Crippen LogP contribution in [0.2, 0.25) is 5.02 Å². The average molecular weight is 265 g/mol. The van der Waals surface area contributed by atoms with Crippen molar-refractivity contribution in [3.05, 3.63) is 47.0 Å². The lowest BCUT2D eigenvalue weighted by Crippen LogP contribution is -2.18. The number of hydrogen-bond donors (Lipinski definition) is 3. The van der Waals surface area contributed by atoms with Gasteiger partial charge in [-0.15, -0.1) is 0 Å². The van der Waals surface area contributed by atoms with Crippen LogP contribution < -0.4 is 10.6 Å². The summed E-state index contributed by atoms with van der Waals surface area (Å²) in [4.78, 5) is 18.5. The number of halogens is 1. The molecule has 0 unspecified atom stereocenters. The van der Waals surface area contributed by atoms with Crippen LogP contribution in [0.4, 0.5) is 5.69 Å². The highest BCUT2D eigenvalue weighted by Gasteiger charge is 2.09. The molecule has 6 heteroatoms. The topological polar surface area (TPSA) is 69.8 Å². The van der Waals surface area contributed by atoms with Crippen LogP contribution in [0.1, 0.15) is 16.1 Å². The molecule has 2 rings (SSSR count). The molecular weight excluding hydrogens is 252 g/mol. The van der Waals surface area contributed by atoms with Gasteiger partial charge in [0, 0.05) is 18.9 Å². The van der Waals surface area contributed by atoms with E-state index >= 15 is 0 Å². The number of amides is 1. The normalized spacial score (nSPS) is 10.1. The van der Waals surface area contributed by atoms with E-state index in [4.69, 9.17) is 11.6 Å². The first kappa shape index (κ1) is 12.4. The predicted octanol–water partition coefficient (Wildman–Crippen LogP) is 2.03. The minimum Gasteiger partial charge on any atom is -0.379 e. The molecule has 0 aliphatic heterocycles. The van der Waals surface area contributed by atoms with Crippen LogP contribution in [0.3, 0.4) is 0 Å². The minimum atomic E-state index is -0.204. The summed E-state index contributed by atoms with van der Waals surface area (Å²) < 4.78 is 0. The third-order valence-corrected chi connectivity index (χ3v) is 2.81. The van der Waals surface area contributed by atoms with Crippen LogP contribution in [-0.2, 0) is 6.54 Å². The van der Waals surface area contributed by atoms with Crippen molar-refractivity contribution in [3.63, 3.8) is 0 Å². The Morgan fingerprint density at radius 3 is 3.00 bits per heavy atom. The number of H-pyrrole nitrogens is 1. The molecule has 0 atom stereocenters. The van der Waals surface area contributed by atoms with Gasteiger partial charge in [0.2, 0.25) is 0 Å². The van der Waals surface area contributed by atoms with Crippen LogP contribution in [0.5, 0.6) is 0 Å². The van der Waals surface area contributed by atoms with Gasteiger partial charge >= 0.3 is 0 Å². The highest BCUT2D eigenvalue weighted by Crippen LogP contribution is 2.20. The van der Waals surface area contributed by atoms with Crippen molar-refractivity contribution in [2.75, 3.05) is 12.4 Å².